The first-order valence-electron chi connectivity index (χ1n) is 7.18. The molecular formula is C18H15ClN2O3. The average Bonchev–Trinajstić information content (AvgIpc) is 2.57. The highest BCUT2D eigenvalue weighted by Crippen LogP contribution is 2.25. The summed E-state index contributed by atoms with van der Waals surface area (Å²) in [4.78, 5) is 12.2. The molecule has 0 aromatic heterocycles. The third-order valence-corrected chi connectivity index (χ3v) is 3.37. The largest absolute Gasteiger partial charge is 0.506 e. The van der Waals surface area contributed by atoms with E-state index in [1.165, 1.54) is 18.2 Å². The fraction of sp³-hybridized carbons (Fsp3) is 0.111. The quantitative estimate of drug-likeness (QED) is 0.635. The Bertz CT molecular complexity index is 808. The van der Waals surface area contributed by atoms with Crippen molar-refractivity contribution < 1.29 is 14.6 Å². The van der Waals surface area contributed by atoms with Gasteiger partial charge in [-0.05, 0) is 55.0 Å². The molecule has 0 fully saturated rings. The van der Waals surface area contributed by atoms with Gasteiger partial charge in [0.25, 0.3) is 5.91 Å². The summed E-state index contributed by atoms with van der Waals surface area (Å²) < 4.78 is 5.32. The number of carbonyl (C=O) groups excluding carboxylic acids is 1. The van der Waals surface area contributed by atoms with E-state index in [1.807, 2.05) is 13.0 Å². The van der Waals surface area contributed by atoms with E-state index >= 15 is 0 Å². The molecule has 0 unspecified atom stereocenters. The van der Waals surface area contributed by atoms with Gasteiger partial charge in [0, 0.05) is 5.69 Å². The molecule has 0 spiro atoms. The number of rotatable bonds is 5. The van der Waals surface area contributed by atoms with Crippen molar-refractivity contribution in [1.82, 2.24) is 0 Å². The molecule has 0 bridgehead atoms. The van der Waals surface area contributed by atoms with Gasteiger partial charge >= 0.3 is 0 Å². The van der Waals surface area contributed by atoms with Crippen molar-refractivity contribution in [1.29, 1.82) is 5.26 Å². The summed E-state index contributed by atoms with van der Waals surface area (Å²) >= 11 is 5.82. The number of ether oxygens (including phenoxy) is 1. The minimum absolute atomic E-state index is 0.0637. The smallest absolute Gasteiger partial charge is 0.266 e. The number of phenolic OH excluding ortho intramolecular Hbond substituents is 1. The second-order valence-electron chi connectivity index (χ2n) is 4.79. The van der Waals surface area contributed by atoms with Crippen LogP contribution in [0.2, 0.25) is 5.02 Å². The summed E-state index contributed by atoms with van der Waals surface area (Å²) in [7, 11) is 0. The molecule has 2 N–H and O–H groups in total. The molecule has 0 saturated heterocycles. The third-order valence-electron chi connectivity index (χ3n) is 3.07. The number of benzene rings is 2. The van der Waals surface area contributed by atoms with Gasteiger partial charge in [0.15, 0.2) is 0 Å². The van der Waals surface area contributed by atoms with Gasteiger partial charge in [0.2, 0.25) is 0 Å². The second kappa shape index (κ2) is 8.04. The molecule has 2 aromatic carbocycles. The summed E-state index contributed by atoms with van der Waals surface area (Å²) in [6, 6.07) is 13.1. The van der Waals surface area contributed by atoms with Crippen molar-refractivity contribution in [2.75, 3.05) is 11.9 Å². The summed E-state index contributed by atoms with van der Waals surface area (Å²) in [6.07, 6.45) is 1.40. The van der Waals surface area contributed by atoms with Crippen molar-refractivity contribution in [3.05, 3.63) is 58.6 Å². The van der Waals surface area contributed by atoms with Crippen LogP contribution in [0.15, 0.2) is 48.0 Å². The molecule has 24 heavy (non-hydrogen) atoms. The lowest BCUT2D eigenvalue weighted by atomic mass is 10.1. The van der Waals surface area contributed by atoms with E-state index in [9.17, 15) is 15.2 Å². The zero-order valence-electron chi connectivity index (χ0n) is 12.9. The Morgan fingerprint density at radius 3 is 2.62 bits per heavy atom. The summed E-state index contributed by atoms with van der Waals surface area (Å²) in [5.41, 5.74) is 1.01. The molecule has 0 aliphatic carbocycles. The Hall–Kier alpha value is -2.97. The number of nitriles is 1. The maximum atomic E-state index is 12.2. The van der Waals surface area contributed by atoms with Gasteiger partial charge in [-0.25, -0.2) is 0 Å². The molecule has 2 aromatic rings. The van der Waals surface area contributed by atoms with E-state index in [4.69, 9.17) is 16.3 Å². The Morgan fingerprint density at radius 2 is 2.04 bits per heavy atom. The van der Waals surface area contributed by atoms with Crippen molar-refractivity contribution in [2.24, 2.45) is 0 Å². The lowest BCUT2D eigenvalue weighted by Gasteiger charge is -2.07. The Morgan fingerprint density at radius 1 is 1.33 bits per heavy atom. The Balaban J connectivity index is 2.15. The summed E-state index contributed by atoms with van der Waals surface area (Å²) in [5.74, 6) is 0.0994. The van der Waals surface area contributed by atoms with Crippen LogP contribution < -0.4 is 10.1 Å². The van der Waals surface area contributed by atoms with Crippen LogP contribution in [0, 0.1) is 11.3 Å². The van der Waals surface area contributed by atoms with Gasteiger partial charge in [-0.1, -0.05) is 17.7 Å². The second-order valence-corrected chi connectivity index (χ2v) is 5.20. The number of halogens is 1. The monoisotopic (exact) mass is 342 g/mol. The molecule has 0 radical (unpaired) electrons. The number of hydrogen-bond donors (Lipinski definition) is 2. The van der Waals surface area contributed by atoms with Crippen LogP contribution in [-0.2, 0) is 4.79 Å². The van der Waals surface area contributed by atoms with E-state index in [-0.39, 0.29) is 16.3 Å². The van der Waals surface area contributed by atoms with Gasteiger partial charge in [-0.2, -0.15) is 5.26 Å². The molecule has 0 aliphatic rings. The van der Waals surface area contributed by atoms with Crippen LogP contribution in [0.1, 0.15) is 12.5 Å². The minimum atomic E-state index is -0.536. The Labute approximate surface area is 144 Å². The van der Waals surface area contributed by atoms with Crippen LogP contribution in [0.4, 0.5) is 5.69 Å². The normalized spacial score (nSPS) is 10.8. The molecule has 0 saturated carbocycles. The first kappa shape index (κ1) is 17.4. The molecule has 0 atom stereocenters. The number of anilines is 1. The van der Waals surface area contributed by atoms with Gasteiger partial charge in [-0.15, -0.1) is 0 Å². The van der Waals surface area contributed by atoms with Crippen molar-refractivity contribution in [3.8, 4) is 17.6 Å². The van der Waals surface area contributed by atoms with Crippen molar-refractivity contribution in [2.45, 2.75) is 6.92 Å². The van der Waals surface area contributed by atoms with Gasteiger partial charge in [-0.3, -0.25) is 4.79 Å². The first-order valence-corrected chi connectivity index (χ1v) is 7.55. The molecule has 0 heterocycles. The number of hydrogen-bond acceptors (Lipinski definition) is 4. The topological polar surface area (TPSA) is 82.3 Å². The zero-order chi connectivity index (χ0) is 17.5. The van der Waals surface area contributed by atoms with Crippen LogP contribution in [0.5, 0.6) is 11.5 Å². The van der Waals surface area contributed by atoms with E-state index in [2.05, 4.69) is 5.32 Å². The Kier molecular flexibility index (Phi) is 5.83. The lowest BCUT2D eigenvalue weighted by Crippen LogP contribution is -2.13. The predicted molar refractivity (Wildman–Crippen MR) is 92.9 cm³/mol. The molecule has 1 amide bonds. The van der Waals surface area contributed by atoms with Crippen molar-refractivity contribution in [3.63, 3.8) is 0 Å². The van der Waals surface area contributed by atoms with Gasteiger partial charge < -0.3 is 15.2 Å². The SMILES string of the molecule is CCOc1ccc(NC(=O)/C(C#N)=C\c2ccc(O)c(Cl)c2)cc1. The van der Waals surface area contributed by atoms with E-state index in [0.717, 1.165) is 0 Å². The standard InChI is InChI=1S/C18H15ClN2O3/c1-2-24-15-6-4-14(5-7-15)21-18(23)13(11-20)9-12-3-8-17(22)16(19)10-12/h3-10,22H,2H2,1H3,(H,21,23)/b13-9-. The molecular weight excluding hydrogens is 328 g/mol. The predicted octanol–water partition coefficient (Wildman–Crippen LogP) is 3.99. The number of carbonyl (C=O) groups is 1. The molecule has 0 aliphatic heterocycles. The van der Waals surface area contributed by atoms with Crippen LogP contribution in [0.25, 0.3) is 6.08 Å². The van der Waals surface area contributed by atoms with E-state index in [0.29, 0.717) is 23.6 Å². The molecule has 122 valence electrons. The van der Waals surface area contributed by atoms with E-state index < -0.39 is 5.91 Å². The number of phenols is 1. The van der Waals surface area contributed by atoms with Crippen LogP contribution in [-0.4, -0.2) is 17.6 Å². The highest BCUT2D eigenvalue weighted by molar-refractivity contribution is 6.32. The van der Waals surface area contributed by atoms with Gasteiger partial charge in [0.05, 0.1) is 11.6 Å². The highest BCUT2D eigenvalue weighted by Gasteiger charge is 2.10. The number of aromatic hydroxyl groups is 1. The van der Waals surface area contributed by atoms with Crippen molar-refractivity contribution >= 4 is 29.3 Å². The van der Waals surface area contributed by atoms with Crippen LogP contribution >= 0.6 is 11.6 Å². The minimum Gasteiger partial charge on any atom is -0.506 e. The molecule has 2 rings (SSSR count). The summed E-state index contributed by atoms with van der Waals surface area (Å²) in [6.45, 7) is 2.44. The lowest BCUT2D eigenvalue weighted by molar-refractivity contribution is -0.112. The summed E-state index contributed by atoms with van der Waals surface area (Å²) in [5, 5.41) is 21.4. The average molecular weight is 343 g/mol. The zero-order valence-corrected chi connectivity index (χ0v) is 13.7. The van der Waals surface area contributed by atoms with Crippen LogP contribution in [0.3, 0.4) is 0 Å². The molecule has 6 heteroatoms. The number of nitrogens with zero attached hydrogens (tertiary/aromatic N) is 1. The van der Waals surface area contributed by atoms with Gasteiger partial charge in [0.1, 0.15) is 23.1 Å². The number of nitrogens with one attached hydrogen (secondary N) is 1. The maximum absolute atomic E-state index is 12.2. The first-order chi connectivity index (χ1) is 11.5. The maximum Gasteiger partial charge on any atom is 0.266 e. The fourth-order valence-electron chi connectivity index (χ4n) is 1.93. The highest BCUT2D eigenvalue weighted by atomic mass is 35.5. The van der Waals surface area contributed by atoms with E-state index in [1.54, 1.807) is 30.3 Å². The fourth-order valence-corrected chi connectivity index (χ4v) is 2.12. The number of amides is 1. The molecule has 5 nitrogen and oxygen atoms in total. The third kappa shape index (κ3) is 4.51.